The highest BCUT2D eigenvalue weighted by molar-refractivity contribution is 5.85. The van der Waals surface area contributed by atoms with Crippen LogP contribution in [-0.4, -0.2) is 24.5 Å². The van der Waals surface area contributed by atoms with Gasteiger partial charge in [-0.05, 0) is 49.2 Å². The first-order chi connectivity index (χ1) is 10.3. The lowest BCUT2D eigenvalue weighted by atomic mass is 9.71. The Kier molecular flexibility index (Phi) is 4.24. The van der Waals surface area contributed by atoms with E-state index in [1.165, 1.54) is 17.5 Å². The second kappa shape index (κ2) is 6.02. The van der Waals surface area contributed by atoms with Crippen molar-refractivity contribution in [1.29, 1.82) is 0 Å². The Balaban J connectivity index is 0.00000144. The van der Waals surface area contributed by atoms with Crippen molar-refractivity contribution in [3.63, 3.8) is 0 Å². The van der Waals surface area contributed by atoms with E-state index in [2.05, 4.69) is 36.2 Å². The van der Waals surface area contributed by atoms with E-state index in [1.54, 1.807) is 12.1 Å². The third kappa shape index (κ3) is 2.35. The third-order valence-electron chi connectivity index (χ3n) is 5.35. The van der Waals surface area contributed by atoms with Crippen LogP contribution in [0.5, 0.6) is 0 Å². The van der Waals surface area contributed by atoms with E-state index in [1.807, 2.05) is 12.1 Å². The van der Waals surface area contributed by atoms with Gasteiger partial charge in [0, 0.05) is 17.9 Å². The molecule has 1 saturated heterocycles. The third-order valence-corrected chi connectivity index (χ3v) is 5.35. The van der Waals surface area contributed by atoms with E-state index < -0.39 is 0 Å². The molecule has 1 nitrogen and oxygen atoms in total. The minimum Gasteiger partial charge on any atom is -0.303 e. The highest BCUT2D eigenvalue weighted by atomic mass is 35.5. The van der Waals surface area contributed by atoms with Gasteiger partial charge in [-0.3, -0.25) is 0 Å². The number of nitrogens with zero attached hydrogens (tertiary/aromatic N) is 1. The van der Waals surface area contributed by atoms with Crippen LogP contribution in [0.4, 0.5) is 4.39 Å². The lowest BCUT2D eigenvalue weighted by molar-refractivity contribution is 0.264. The van der Waals surface area contributed by atoms with Crippen LogP contribution in [-0.2, 0) is 0 Å². The van der Waals surface area contributed by atoms with Gasteiger partial charge in [-0.25, -0.2) is 4.39 Å². The summed E-state index contributed by atoms with van der Waals surface area (Å²) in [5, 5.41) is 0. The molecule has 0 amide bonds. The summed E-state index contributed by atoms with van der Waals surface area (Å²) < 4.78 is 14.3. The summed E-state index contributed by atoms with van der Waals surface area (Å²) in [5.41, 5.74) is 3.62. The van der Waals surface area contributed by atoms with E-state index in [0.29, 0.717) is 12.0 Å². The number of fused-ring (bicyclic) bond motifs is 3. The van der Waals surface area contributed by atoms with Crippen LogP contribution < -0.4 is 0 Å². The Bertz CT molecular complexity index is 672. The van der Waals surface area contributed by atoms with Gasteiger partial charge in [-0.2, -0.15) is 0 Å². The first-order valence-corrected chi connectivity index (χ1v) is 7.79. The standard InChI is InChI=1S/C19H20FN.ClH/c1-21-11-10-16-13-6-2-3-7-14(13)17(12-19(16)21)15-8-4-5-9-18(15)20;/h2-9,16-17,19H,10-12H2,1H3;1H/t16?,17?,19-;/m0./s1. The zero-order chi connectivity index (χ0) is 14.4. The van der Waals surface area contributed by atoms with Crippen LogP contribution in [0.3, 0.4) is 0 Å². The van der Waals surface area contributed by atoms with Gasteiger partial charge in [-0.1, -0.05) is 42.5 Å². The van der Waals surface area contributed by atoms with Crippen molar-refractivity contribution < 1.29 is 4.39 Å². The first-order valence-electron chi connectivity index (χ1n) is 7.79. The molecule has 22 heavy (non-hydrogen) atoms. The van der Waals surface area contributed by atoms with Crippen molar-refractivity contribution in [3.05, 3.63) is 71.0 Å². The van der Waals surface area contributed by atoms with Gasteiger partial charge in [-0.15, -0.1) is 12.4 Å². The van der Waals surface area contributed by atoms with Gasteiger partial charge in [0.05, 0.1) is 0 Å². The molecule has 1 heterocycles. The zero-order valence-corrected chi connectivity index (χ0v) is 13.5. The number of rotatable bonds is 1. The monoisotopic (exact) mass is 317 g/mol. The lowest BCUT2D eigenvalue weighted by Crippen LogP contribution is -2.34. The van der Waals surface area contributed by atoms with Crippen molar-refractivity contribution >= 4 is 12.4 Å². The lowest BCUT2D eigenvalue weighted by Gasteiger charge is -2.37. The molecule has 0 bridgehead atoms. The molecule has 1 fully saturated rings. The van der Waals surface area contributed by atoms with E-state index in [0.717, 1.165) is 18.5 Å². The van der Waals surface area contributed by atoms with Crippen LogP contribution >= 0.6 is 12.4 Å². The van der Waals surface area contributed by atoms with Gasteiger partial charge in [0.15, 0.2) is 0 Å². The van der Waals surface area contributed by atoms with Gasteiger partial charge in [0.25, 0.3) is 0 Å². The predicted molar refractivity (Wildman–Crippen MR) is 90.3 cm³/mol. The molecule has 0 radical (unpaired) electrons. The Morgan fingerprint density at radius 2 is 1.59 bits per heavy atom. The van der Waals surface area contributed by atoms with Crippen molar-refractivity contribution in [3.8, 4) is 0 Å². The van der Waals surface area contributed by atoms with Crippen LogP contribution in [0.15, 0.2) is 48.5 Å². The minimum absolute atomic E-state index is 0. The van der Waals surface area contributed by atoms with Gasteiger partial charge < -0.3 is 4.90 Å². The highest BCUT2D eigenvalue weighted by Crippen LogP contribution is 2.48. The fraction of sp³-hybridized carbons (Fsp3) is 0.368. The number of halogens is 2. The molecule has 2 aromatic carbocycles. The molecule has 1 aliphatic carbocycles. The van der Waals surface area contributed by atoms with Crippen molar-refractivity contribution in [1.82, 2.24) is 4.90 Å². The number of hydrogen-bond acceptors (Lipinski definition) is 1. The molecule has 116 valence electrons. The van der Waals surface area contributed by atoms with Gasteiger partial charge in [0.2, 0.25) is 0 Å². The Morgan fingerprint density at radius 3 is 2.32 bits per heavy atom. The molecular formula is C19H21ClFN. The summed E-state index contributed by atoms with van der Waals surface area (Å²) >= 11 is 0. The second-order valence-corrected chi connectivity index (χ2v) is 6.38. The quantitative estimate of drug-likeness (QED) is 0.744. The zero-order valence-electron chi connectivity index (χ0n) is 12.7. The largest absolute Gasteiger partial charge is 0.303 e. The molecule has 2 unspecified atom stereocenters. The van der Waals surface area contributed by atoms with Crippen molar-refractivity contribution in [2.24, 2.45) is 0 Å². The molecule has 3 heteroatoms. The molecule has 3 atom stereocenters. The molecule has 0 aromatic heterocycles. The Hall–Kier alpha value is -1.38. The maximum Gasteiger partial charge on any atom is 0.127 e. The van der Waals surface area contributed by atoms with Gasteiger partial charge >= 0.3 is 0 Å². The molecule has 0 spiro atoms. The highest BCUT2D eigenvalue weighted by Gasteiger charge is 2.41. The van der Waals surface area contributed by atoms with E-state index in [-0.39, 0.29) is 24.1 Å². The maximum absolute atomic E-state index is 14.3. The van der Waals surface area contributed by atoms with Crippen LogP contribution in [0.1, 0.15) is 41.4 Å². The fourth-order valence-corrected chi connectivity index (χ4v) is 4.30. The van der Waals surface area contributed by atoms with Crippen molar-refractivity contribution in [2.45, 2.75) is 30.7 Å². The molecule has 2 aromatic rings. The van der Waals surface area contributed by atoms with Gasteiger partial charge in [0.1, 0.15) is 5.82 Å². The average Bonchev–Trinajstić information content (AvgIpc) is 2.89. The minimum atomic E-state index is -0.0728. The first kappa shape index (κ1) is 15.5. The smallest absolute Gasteiger partial charge is 0.127 e. The van der Waals surface area contributed by atoms with Crippen LogP contribution in [0, 0.1) is 5.82 Å². The molecular weight excluding hydrogens is 297 g/mol. The molecule has 2 aliphatic rings. The summed E-state index contributed by atoms with van der Waals surface area (Å²) in [6.07, 6.45) is 2.25. The maximum atomic E-state index is 14.3. The summed E-state index contributed by atoms with van der Waals surface area (Å²) in [6, 6.07) is 16.5. The summed E-state index contributed by atoms with van der Waals surface area (Å²) in [7, 11) is 2.21. The second-order valence-electron chi connectivity index (χ2n) is 6.38. The van der Waals surface area contributed by atoms with Crippen LogP contribution in [0.2, 0.25) is 0 Å². The van der Waals surface area contributed by atoms with E-state index >= 15 is 0 Å². The topological polar surface area (TPSA) is 3.24 Å². The van der Waals surface area contributed by atoms with E-state index in [9.17, 15) is 4.39 Å². The predicted octanol–water partition coefficient (Wildman–Crippen LogP) is 4.57. The summed E-state index contributed by atoms with van der Waals surface area (Å²) in [6.45, 7) is 1.15. The fourth-order valence-electron chi connectivity index (χ4n) is 4.30. The summed E-state index contributed by atoms with van der Waals surface area (Å²) in [4.78, 5) is 2.45. The number of likely N-dealkylation sites (tertiary alicyclic amines) is 1. The molecule has 0 N–H and O–H groups in total. The number of likely N-dealkylation sites (N-methyl/N-ethyl adjacent to an activating group) is 1. The molecule has 1 aliphatic heterocycles. The average molecular weight is 318 g/mol. The van der Waals surface area contributed by atoms with Crippen LogP contribution in [0.25, 0.3) is 0 Å². The molecule has 0 saturated carbocycles. The number of hydrogen-bond donors (Lipinski definition) is 0. The van der Waals surface area contributed by atoms with E-state index in [4.69, 9.17) is 0 Å². The molecule has 4 rings (SSSR count). The Labute approximate surface area is 137 Å². The SMILES string of the molecule is CN1CCC2c3ccccc3C(c3ccccc3F)C[C@@H]21.Cl. The number of benzene rings is 2. The summed E-state index contributed by atoms with van der Waals surface area (Å²) in [5.74, 6) is 0.731. The van der Waals surface area contributed by atoms with Crippen molar-refractivity contribution in [2.75, 3.05) is 13.6 Å². The Morgan fingerprint density at radius 1 is 0.955 bits per heavy atom. The normalized spacial score (nSPS) is 26.9.